The molecule has 0 unspecified atom stereocenters. The predicted octanol–water partition coefficient (Wildman–Crippen LogP) is 1.23. The van der Waals surface area contributed by atoms with Crippen molar-refractivity contribution >= 4 is 46.5 Å². The highest BCUT2D eigenvalue weighted by Gasteiger charge is 2.35. The first-order valence-electron chi connectivity index (χ1n) is 9.80. The van der Waals surface area contributed by atoms with Crippen molar-refractivity contribution in [2.24, 2.45) is 0 Å². The lowest BCUT2D eigenvalue weighted by atomic mass is 10.1. The smallest absolute Gasteiger partial charge is 0.329 e. The van der Waals surface area contributed by atoms with Crippen LogP contribution in [0.2, 0.25) is 0 Å². The highest BCUT2D eigenvalue weighted by molar-refractivity contribution is 6.16. The maximum absolute atomic E-state index is 12.8. The van der Waals surface area contributed by atoms with E-state index in [2.05, 4.69) is 10.6 Å². The number of hydrogen-bond donors (Lipinski definition) is 2. The third-order valence-electron chi connectivity index (χ3n) is 4.98. The van der Waals surface area contributed by atoms with E-state index in [1.807, 2.05) is 13.0 Å². The highest BCUT2D eigenvalue weighted by Crippen LogP contribution is 2.24. The van der Waals surface area contributed by atoms with Crippen LogP contribution in [0.4, 0.5) is 10.5 Å². The van der Waals surface area contributed by atoms with Crippen LogP contribution in [-0.4, -0.2) is 39.8 Å². The SMILES string of the molecule is Cc1cccc(NC(=O)CN2C(=O)NC(=Cc3cn(CC(=O)[O-])c4ccccc34)C2=O)c1. The molecule has 1 saturated heterocycles. The Hall–Kier alpha value is -4.40. The fourth-order valence-corrected chi connectivity index (χ4v) is 3.60. The normalized spacial score (nSPS) is 14.8. The minimum Gasteiger partial charge on any atom is -0.548 e. The zero-order chi connectivity index (χ0) is 22.8. The molecule has 2 N–H and O–H groups in total. The largest absolute Gasteiger partial charge is 0.548 e. The number of anilines is 1. The molecular formula is C23H19N4O5-. The van der Waals surface area contributed by atoms with Gasteiger partial charge in [0, 0.05) is 28.4 Å². The Balaban J connectivity index is 1.55. The summed E-state index contributed by atoms with van der Waals surface area (Å²) in [6, 6.07) is 13.5. The summed E-state index contributed by atoms with van der Waals surface area (Å²) in [5.74, 6) is -2.40. The first-order valence-corrected chi connectivity index (χ1v) is 9.80. The second-order valence-electron chi connectivity index (χ2n) is 7.40. The number of carbonyl (C=O) groups is 4. The molecule has 0 aliphatic carbocycles. The summed E-state index contributed by atoms with van der Waals surface area (Å²) in [6.07, 6.45) is 3.03. The van der Waals surface area contributed by atoms with Crippen molar-refractivity contribution in [2.75, 3.05) is 11.9 Å². The first kappa shape index (κ1) is 20.9. The van der Waals surface area contributed by atoms with Gasteiger partial charge in [-0.05, 0) is 36.8 Å². The maximum Gasteiger partial charge on any atom is 0.329 e. The van der Waals surface area contributed by atoms with Gasteiger partial charge < -0.3 is 25.1 Å². The van der Waals surface area contributed by atoms with E-state index in [0.717, 1.165) is 10.5 Å². The van der Waals surface area contributed by atoms with Crippen LogP contribution in [0.5, 0.6) is 0 Å². The molecule has 2 aromatic carbocycles. The molecule has 4 rings (SSSR count). The zero-order valence-corrected chi connectivity index (χ0v) is 17.1. The fraction of sp³-hybridized carbons (Fsp3) is 0.130. The quantitative estimate of drug-likeness (QED) is 0.449. The van der Waals surface area contributed by atoms with Crippen molar-refractivity contribution in [1.82, 2.24) is 14.8 Å². The van der Waals surface area contributed by atoms with Gasteiger partial charge in [0.05, 0.1) is 12.5 Å². The number of aryl methyl sites for hydroxylation is 1. The Labute approximate surface area is 182 Å². The van der Waals surface area contributed by atoms with Crippen molar-refractivity contribution in [1.29, 1.82) is 0 Å². The molecule has 9 heteroatoms. The Bertz CT molecular complexity index is 1290. The van der Waals surface area contributed by atoms with Crippen molar-refractivity contribution in [2.45, 2.75) is 13.5 Å². The topological polar surface area (TPSA) is 124 Å². The number of nitrogens with one attached hydrogen (secondary N) is 2. The van der Waals surface area contributed by atoms with Gasteiger partial charge in [-0.2, -0.15) is 0 Å². The van der Waals surface area contributed by atoms with Crippen molar-refractivity contribution in [3.8, 4) is 0 Å². The summed E-state index contributed by atoms with van der Waals surface area (Å²) in [4.78, 5) is 49.3. The number of aliphatic carboxylic acids is 1. The number of carbonyl (C=O) groups excluding carboxylic acids is 4. The summed E-state index contributed by atoms with van der Waals surface area (Å²) in [5.41, 5.74) is 2.72. The summed E-state index contributed by atoms with van der Waals surface area (Å²) in [6.45, 7) is 1.09. The number of benzene rings is 2. The first-order chi connectivity index (χ1) is 15.3. The molecule has 162 valence electrons. The average Bonchev–Trinajstić information content (AvgIpc) is 3.20. The van der Waals surface area contributed by atoms with E-state index >= 15 is 0 Å². The van der Waals surface area contributed by atoms with Crippen LogP contribution in [0, 0.1) is 6.92 Å². The molecule has 1 aromatic heterocycles. The summed E-state index contributed by atoms with van der Waals surface area (Å²) >= 11 is 0. The number of para-hydroxylation sites is 1. The van der Waals surface area contributed by atoms with Crippen LogP contribution in [0.15, 0.2) is 60.4 Å². The molecule has 4 amide bonds. The van der Waals surface area contributed by atoms with Gasteiger partial charge in [0.2, 0.25) is 5.91 Å². The highest BCUT2D eigenvalue weighted by atomic mass is 16.4. The Morgan fingerprint density at radius 3 is 2.62 bits per heavy atom. The number of nitrogens with zero attached hydrogens (tertiary/aromatic N) is 2. The number of imide groups is 1. The molecule has 3 aromatic rings. The fourth-order valence-electron chi connectivity index (χ4n) is 3.60. The molecular weight excluding hydrogens is 412 g/mol. The van der Waals surface area contributed by atoms with Crippen LogP contribution in [0.3, 0.4) is 0 Å². The minimum absolute atomic E-state index is 0.00490. The lowest BCUT2D eigenvalue weighted by molar-refractivity contribution is -0.306. The van der Waals surface area contributed by atoms with Gasteiger partial charge in [0.1, 0.15) is 12.2 Å². The molecule has 1 fully saturated rings. The number of urea groups is 1. The maximum atomic E-state index is 12.8. The molecule has 0 saturated carbocycles. The average molecular weight is 431 g/mol. The molecule has 0 bridgehead atoms. The van der Waals surface area contributed by atoms with E-state index in [-0.39, 0.29) is 12.2 Å². The predicted molar refractivity (Wildman–Crippen MR) is 115 cm³/mol. The number of aromatic nitrogens is 1. The van der Waals surface area contributed by atoms with E-state index in [1.54, 1.807) is 48.7 Å². The number of carboxylic acid groups (broad SMARTS) is 1. The van der Waals surface area contributed by atoms with Gasteiger partial charge in [-0.3, -0.25) is 9.59 Å². The molecule has 2 heterocycles. The van der Waals surface area contributed by atoms with Crippen molar-refractivity contribution in [3.63, 3.8) is 0 Å². The monoisotopic (exact) mass is 431 g/mol. The lowest BCUT2D eigenvalue weighted by Crippen LogP contribution is -2.38. The second kappa shape index (κ2) is 8.38. The lowest BCUT2D eigenvalue weighted by Gasteiger charge is -2.12. The van der Waals surface area contributed by atoms with Crippen LogP contribution in [-0.2, 0) is 20.9 Å². The van der Waals surface area contributed by atoms with Crippen molar-refractivity contribution in [3.05, 3.63) is 71.6 Å². The van der Waals surface area contributed by atoms with Crippen LogP contribution >= 0.6 is 0 Å². The zero-order valence-electron chi connectivity index (χ0n) is 17.1. The van der Waals surface area contributed by atoms with Gasteiger partial charge >= 0.3 is 6.03 Å². The van der Waals surface area contributed by atoms with Gasteiger partial charge in [0.25, 0.3) is 5.91 Å². The molecule has 1 aliphatic rings. The number of rotatable bonds is 6. The number of fused-ring (bicyclic) bond motifs is 1. The van der Waals surface area contributed by atoms with Gasteiger partial charge in [-0.15, -0.1) is 0 Å². The summed E-state index contributed by atoms with van der Waals surface area (Å²) in [5, 5.41) is 16.9. The molecule has 0 spiro atoms. The van der Waals surface area contributed by atoms with E-state index in [4.69, 9.17) is 0 Å². The second-order valence-corrected chi connectivity index (χ2v) is 7.40. The molecule has 0 radical (unpaired) electrons. The number of amides is 4. The van der Waals surface area contributed by atoms with E-state index in [0.29, 0.717) is 22.2 Å². The molecule has 1 aliphatic heterocycles. The van der Waals surface area contributed by atoms with E-state index in [1.165, 1.54) is 10.6 Å². The number of carboxylic acids is 1. The van der Waals surface area contributed by atoms with Crippen LogP contribution in [0.1, 0.15) is 11.1 Å². The molecule has 9 nitrogen and oxygen atoms in total. The number of hydrogen-bond acceptors (Lipinski definition) is 5. The van der Waals surface area contributed by atoms with Crippen LogP contribution < -0.4 is 15.7 Å². The van der Waals surface area contributed by atoms with Crippen LogP contribution in [0.25, 0.3) is 17.0 Å². The minimum atomic E-state index is -1.25. The third kappa shape index (κ3) is 4.22. The molecule has 0 atom stereocenters. The third-order valence-corrected chi connectivity index (χ3v) is 4.98. The Morgan fingerprint density at radius 1 is 1.09 bits per heavy atom. The Kier molecular flexibility index (Phi) is 5.46. The van der Waals surface area contributed by atoms with Gasteiger partial charge in [0.15, 0.2) is 0 Å². The van der Waals surface area contributed by atoms with E-state index in [9.17, 15) is 24.3 Å². The standard InChI is InChI=1S/C23H20N4O5/c1-14-5-4-6-16(9-14)24-20(28)12-27-22(31)18(25-23(27)32)10-15-11-26(13-21(29)30)19-8-3-2-7-17(15)19/h2-11H,12-13H2,1H3,(H,24,28)(H,25,32)(H,29,30)/p-1. The summed E-state index contributed by atoms with van der Waals surface area (Å²) in [7, 11) is 0. The van der Waals surface area contributed by atoms with E-state index < -0.39 is 30.4 Å². The van der Waals surface area contributed by atoms with Gasteiger partial charge in [-0.1, -0.05) is 30.3 Å². The molecule has 32 heavy (non-hydrogen) atoms. The van der Waals surface area contributed by atoms with Crippen molar-refractivity contribution < 1.29 is 24.3 Å². The summed E-state index contributed by atoms with van der Waals surface area (Å²) < 4.78 is 1.49. The van der Waals surface area contributed by atoms with Gasteiger partial charge in [-0.25, -0.2) is 9.69 Å². The Morgan fingerprint density at radius 2 is 1.88 bits per heavy atom.